The van der Waals surface area contributed by atoms with Gasteiger partial charge >= 0.3 is 5.97 Å². The Morgan fingerprint density at radius 3 is 2.02 bits per heavy atom. The first-order chi connectivity index (χ1) is 19.5. The normalized spacial score (nSPS) is 17.9. The summed E-state index contributed by atoms with van der Waals surface area (Å²) in [4.78, 5) is 12.4. The van der Waals surface area contributed by atoms with Crippen molar-refractivity contribution >= 4 is 23.3 Å². The fraction of sp³-hybridized carbons (Fsp3) is 0.848. The van der Waals surface area contributed by atoms with E-state index in [0.717, 1.165) is 44.5 Å². The highest BCUT2D eigenvalue weighted by Gasteiger charge is 2.39. The minimum atomic E-state index is -0.117. The lowest BCUT2D eigenvalue weighted by molar-refractivity contribution is -0.947. The van der Waals surface area contributed by atoms with Crippen LogP contribution in [-0.4, -0.2) is 52.2 Å². The van der Waals surface area contributed by atoms with E-state index in [1.807, 2.05) is 6.92 Å². The van der Waals surface area contributed by atoms with E-state index >= 15 is 0 Å². The summed E-state index contributed by atoms with van der Waals surface area (Å²) in [6.45, 7) is 8.83. The van der Waals surface area contributed by atoms with Gasteiger partial charge in [-0.05, 0) is 12.8 Å². The Morgan fingerprint density at radius 2 is 1.43 bits per heavy atom. The summed E-state index contributed by atoms with van der Waals surface area (Å²) in [6.07, 6.45) is 26.6. The SMILES string of the molecule is CCCCCCCCCCCCCCCC(OC(=O)CC)[N+]1(C)CCC=C(c2nsnc2OCCCCCC)C1. The van der Waals surface area contributed by atoms with E-state index in [4.69, 9.17) is 9.47 Å². The van der Waals surface area contributed by atoms with Gasteiger partial charge in [0, 0.05) is 24.8 Å². The second kappa shape index (κ2) is 21.3. The van der Waals surface area contributed by atoms with Gasteiger partial charge in [-0.1, -0.05) is 123 Å². The monoisotopic (exact) mass is 578 g/mol. The first-order valence-corrected chi connectivity index (χ1v) is 17.5. The minimum Gasteiger partial charge on any atom is -0.475 e. The van der Waals surface area contributed by atoms with Crippen molar-refractivity contribution in [3.8, 4) is 5.88 Å². The van der Waals surface area contributed by atoms with Gasteiger partial charge in [0.25, 0.3) is 5.88 Å². The minimum absolute atomic E-state index is 0.0958. The third-order valence-electron chi connectivity index (χ3n) is 8.37. The van der Waals surface area contributed by atoms with Crippen LogP contribution in [0.4, 0.5) is 0 Å². The molecule has 2 rings (SSSR count). The van der Waals surface area contributed by atoms with Gasteiger partial charge in [0.1, 0.15) is 12.2 Å². The molecule has 0 amide bonds. The van der Waals surface area contributed by atoms with Crippen molar-refractivity contribution in [2.45, 2.75) is 155 Å². The predicted molar refractivity (Wildman–Crippen MR) is 169 cm³/mol. The molecule has 1 aliphatic rings. The maximum absolute atomic E-state index is 12.4. The summed E-state index contributed by atoms with van der Waals surface area (Å²) in [5.74, 6) is 0.571. The van der Waals surface area contributed by atoms with Crippen molar-refractivity contribution in [1.29, 1.82) is 0 Å². The summed E-state index contributed by atoms with van der Waals surface area (Å²) in [5, 5.41) is 0. The van der Waals surface area contributed by atoms with Crippen LogP contribution >= 0.6 is 11.7 Å². The average molecular weight is 579 g/mol. The number of likely N-dealkylation sites (N-methyl/N-ethyl adjacent to an activating group) is 1. The molecule has 6 nitrogen and oxygen atoms in total. The van der Waals surface area contributed by atoms with E-state index in [9.17, 15) is 4.79 Å². The number of unbranched alkanes of at least 4 members (excludes halogenated alkanes) is 15. The number of carbonyl (C=O) groups excluding carboxylic acids is 1. The molecule has 0 fully saturated rings. The third-order valence-corrected chi connectivity index (χ3v) is 8.88. The molecule has 230 valence electrons. The molecular weight excluding hydrogens is 518 g/mol. The lowest BCUT2D eigenvalue weighted by Crippen LogP contribution is -2.56. The number of esters is 1. The average Bonchev–Trinajstić information content (AvgIpc) is 3.43. The van der Waals surface area contributed by atoms with Crippen LogP contribution in [0.15, 0.2) is 6.08 Å². The van der Waals surface area contributed by atoms with Crippen molar-refractivity contribution in [3.63, 3.8) is 0 Å². The number of carbonyl (C=O) groups is 1. The molecule has 0 bridgehead atoms. The molecule has 0 saturated carbocycles. The first kappa shape index (κ1) is 34.7. The van der Waals surface area contributed by atoms with Gasteiger partial charge in [0.05, 0.1) is 31.9 Å². The van der Waals surface area contributed by atoms with Crippen molar-refractivity contribution in [3.05, 3.63) is 11.8 Å². The van der Waals surface area contributed by atoms with Crippen molar-refractivity contribution < 1.29 is 18.8 Å². The Balaban J connectivity index is 1.79. The molecule has 0 spiro atoms. The highest BCUT2D eigenvalue weighted by molar-refractivity contribution is 6.99. The zero-order valence-electron chi connectivity index (χ0n) is 26.4. The lowest BCUT2D eigenvalue weighted by Gasteiger charge is -2.42. The van der Waals surface area contributed by atoms with Crippen molar-refractivity contribution in [2.75, 3.05) is 26.7 Å². The highest BCUT2D eigenvalue weighted by atomic mass is 32.1. The predicted octanol–water partition coefficient (Wildman–Crippen LogP) is 9.49. The molecular formula is C33H60N3O3S+. The van der Waals surface area contributed by atoms with E-state index in [-0.39, 0.29) is 12.2 Å². The Labute approximate surface area is 250 Å². The zero-order chi connectivity index (χ0) is 28.9. The van der Waals surface area contributed by atoms with Crippen LogP contribution in [0.2, 0.25) is 0 Å². The molecule has 1 aromatic rings. The number of hydrogen-bond donors (Lipinski definition) is 0. The summed E-state index contributed by atoms with van der Waals surface area (Å²) < 4.78 is 21.9. The fourth-order valence-corrected chi connectivity index (χ4v) is 6.25. The number of quaternary nitrogens is 1. The molecule has 1 aromatic heterocycles. The zero-order valence-corrected chi connectivity index (χ0v) is 27.2. The van der Waals surface area contributed by atoms with Crippen LogP contribution < -0.4 is 4.74 Å². The topological polar surface area (TPSA) is 61.3 Å². The largest absolute Gasteiger partial charge is 0.475 e. The van der Waals surface area contributed by atoms with E-state index in [2.05, 4.69) is 35.7 Å². The first-order valence-electron chi connectivity index (χ1n) is 16.7. The molecule has 0 aromatic carbocycles. The standard InChI is InChI=1S/C33H60N3O3S/c1-5-8-10-12-13-14-15-16-17-18-19-20-21-25-30(39-31(37)7-3)36(4)26-23-24-29(28-36)32-33(35-40-34-32)38-27-22-11-9-6-2/h24,30H,5-23,25-28H2,1-4H3/q+1. The number of hydrogen-bond acceptors (Lipinski definition) is 6. The Kier molecular flexibility index (Phi) is 18.5. The molecule has 2 heterocycles. The van der Waals surface area contributed by atoms with Crippen LogP contribution in [0.1, 0.15) is 155 Å². The van der Waals surface area contributed by atoms with Crippen molar-refractivity contribution in [2.24, 2.45) is 0 Å². The van der Waals surface area contributed by atoms with E-state index in [0.29, 0.717) is 23.4 Å². The van der Waals surface area contributed by atoms with Gasteiger partial charge in [-0.25, -0.2) is 0 Å². The molecule has 2 atom stereocenters. The van der Waals surface area contributed by atoms with Gasteiger partial charge in [0.15, 0.2) is 0 Å². The Hall–Kier alpha value is -1.47. The van der Waals surface area contributed by atoms with Gasteiger partial charge in [-0.2, -0.15) is 4.37 Å². The van der Waals surface area contributed by atoms with Crippen LogP contribution in [0.3, 0.4) is 0 Å². The van der Waals surface area contributed by atoms with Crippen LogP contribution in [0, 0.1) is 0 Å². The lowest BCUT2D eigenvalue weighted by atomic mass is 10.0. The second-order valence-corrected chi connectivity index (χ2v) is 12.6. The van der Waals surface area contributed by atoms with E-state index in [1.165, 1.54) is 114 Å². The van der Waals surface area contributed by atoms with E-state index in [1.54, 1.807) is 0 Å². The van der Waals surface area contributed by atoms with Crippen LogP contribution in [-0.2, 0) is 9.53 Å². The maximum atomic E-state index is 12.4. The Bertz CT molecular complexity index is 828. The Morgan fingerprint density at radius 1 is 0.850 bits per heavy atom. The molecule has 1 aliphatic heterocycles. The summed E-state index contributed by atoms with van der Waals surface area (Å²) in [6, 6.07) is 0. The molecule has 0 saturated heterocycles. The molecule has 0 radical (unpaired) electrons. The maximum Gasteiger partial charge on any atom is 0.309 e. The molecule has 7 heteroatoms. The fourth-order valence-electron chi connectivity index (χ4n) is 5.72. The number of aromatic nitrogens is 2. The number of ether oxygens (including phenoxy) is 2. The quantitative estimate of drug-likeness (QED) is 0.0694. The number of nitrogens with zero attached hydrogens (tertiary/aromatic N) is 3. The van der Waals surface area contributed by atoms with Gasteiger partial charge in [-0.15, -0.1) is 4.37 Å². The third kappa shape index (κ3) is 13.5. The van der Waals surface area contributed by atoms with Gasteiger partial charge in [-0.3, -0.25) is 9.28 Å². The van der Waals surface area contributed by atoms with Gasteiger partial charge < -0.3 is 9.47 Å². The number of rotatable bonds is 24. The van der Waals surface area contributed by atoms with Crippen molar-refractivity contribution in [1.82, 2.24) is 8.75 Å². The molecule has 0 N–H and O–H groups in total. The van der Waals surface area contributed by atoms with Crippen LogP contribution in [0.25, 0.3) is 5.57 Å². The smallest absolute Gasteiger partial charge is 0.309 e. The van der Waals surface area contributed by atoms with Gasteiger partial charge in [0.2, 0.25) is 6.23 Å². The van der Waals surface area contributed by atoms with E-state index < -0.39 is 0 Å². The summed E-state index contributed by atoms with van der Waals surface area (Å²) in [5.41, 5.74) is 2.06. The molecule has 0 aliphatic carbocycles. The summed E-state index contributed by atoms with van der Waals surface area (Å²) >= 11 is 1.22. The summed E-state index contributed by atoms with van der Waals surface area (Å²) in [7, 11) is 2.24. The second-order valence-electron chi connectivity index (χ2n) is 12.0. The molecule has 2 unspecified atom stereocenters. The van der Waals surface area contributed by atoms with Crippen LogP contribution in [0.5, 0.6) is 5.88 Å². The highest BCUT2D eigenvalue weighted by Crippen LogP contribution is 2.33. The molecule has 40 heavy (non-hydrogen) atoms.